The number of carbonyl (C=O) groups is 4. The van der Waals surface area contributed by atoms with E-state index in [-0.39, 0.29) is 43.7 Å². The van der Waals surface area contributed by atoms with Crippen molar-refractivity contribution in [3.05, 3.63) is 114 Å². The van der Waals surface area contributed by atoms with Gasteiger partial charge in [0.05, 0.1) is 17.8 Å². The fourth-order valence-corrected chi connectivity index (χ4v) is 5.02. The maximum absolute atomic E-state index is 13.6. The van der Waals surface area contributed by atoms with Gasteiger partial charge in [0, 0.05) is 36.3 Å². The Morgan fingerprint density at radius 2 is 1.44 bits per heavy atom. The molecule has 0 spiro atoms. The second-order valence-electron chi connectivity index (χ2n) is 9.78. The summed E-state index contributed by atoms with van der Waals surface area (Å²) in [7, 11) is 0. The van der Waals surface area contributed by atoms with Crippen molar-refractivity contribution in [1.82, 2.24) is 0 Å². The third-order valence-corrected chi connectivity index (χ3v) is 7.10. The van der Waals surface area contributed by atoms with Crippen LogP contribution in [0.4, 0.5) is 17.1 Å². The highest BCUT2D eigenvalue weighted by Crippen LogP contribution is 2.34. The predicted octanol–water partition coefficient (Wildman–Crippen LogP) is 5.77. The van der Waals surface area contributed by atoms with Crippen LogP contribution < -0.4 is 15.1 Å². The van der Waals surface area contributed by atoms with E-state index in [1.165, 1.54) is 4.90 Å². The van der Waals surface area contributed by atoms with Crippen LogP contribution in [0.15, 0.2) is 97.1 Å². The summed E-state index contributed by atoms with van der Waals surface area (Å²) < 4.78 is 0. The fourth-order valence-electron chi connectivity index (χ4n) is 5.02. The molecular weight excluding hydrogens is 518 g/mol. The minimum atomic E-state index is -1.00. The number of benzene rings is 4. The number of nitrogens with one attached hydrogen (secondary N) is 1. The molecule has 1 heterocycles. The smallest absolute Gasteiger partial charge is 0.305 e. The molecule has 4 aromatic rings. The van der Waals surface area contributed by atoms with Crippen LogP contribution in [0.3, 0.4) is 0 Å². The van der Waals surface area contributed by atoms with Gasteiger partial charge in [0.25, 0.3) is 11.8 Å². The largest absolute Gasteiger partial charge is 0.481 e. The van der Waals surface area contributed by atoms with Gasteiger partial charge in [0.15, 0.2) is 0 Å². The van der Waals surface area contributed by atoms with Crippen LogP contribution in [0.1, 0.15) is 39.1 Å². The number of aliphatic carboxylic acids is 1. The van der Waals surface area contributed by atoms with Crippen LogP contribution in [0, 0.1) is 6.92 Å². The molecule has 0 unspecified atom stereocenters. The predicted molar refractivity (Wildman–Crippen MR) is 158 cm³/mol. The number of carboxylic acid groups (broad SMARTS) is 1. The minimum absolute atomic E-state index is 0.0224. The molecule has 0 atom stereocenters. The third-order valence-electron chi connectivity index (χ3n) is 7.10. The van der Waals surface area contributed by atoms with Crippen LogP contribution in [0.25, 0.3) is 11.1 Å². The SMILES string of the molecule is Cc1ccccc1-c1ccccc1C(=O)Nc1ccc(C(=O)N2CCC(=O)N(CCC(=O)O)c3ccccc32)cc1. The molecule has 8 heteroatoms. The first-order chi connectivity index (χ1) is 19.8. The number of nitrogens with zero attached hydrogens (tertiary/aromatic N) is 2. The summed E-state index contributed by atoms with van der Waals surface area (Å²) in [4.78, 5) is 53.8. The van der Waals surface area contributed by atoms with Gasteiger partial charge in [0.1, 0.15) is 0 Å². The van der Waals surface area contributed by atoms with Crippen molar-refractivity contribution in [3.8, 4) is 11.1 Å². The normalized spacial score (nSPS) is 12.9. The third kappa shape index (κ3) is 5.86. The number of fused-ring (bicyclic) bond motifs is 1. The van der Waals surface area contributed by atoms with Gasteiger partial charge in [-0.1, -0.05) is 54.6 Å². The summed E-state index contributed by atoms with van der Waals surface area (Å²) in [6, 6.07) is 29.0. The van der Waals surface area contributed by atoms with Crippen molar-refractivity contribution < 1.29 is 24.3 Å². The van der Waals surface area contributed by atoms with E-state index in [9.17, 15) is 19.2 Å². The maximum Gasteiger partial charge on any atom is 0.305 e. The topological polar surface area (TPSA) is 107 Å². The number of rotatable bonds is 7. The summed E-state index contributed by atoms with van der Waals surface area (Å²) in [5.41, 5.74) is 5.40. The van der Waals surface area contributed by atoms with Crippen molar-refractivity contribution in [3.63, 3.8) is 0 Å². The van der Waals surface area contributed by atoms with E-state index in [2.05, 4.69) is 5.32 Å². The van der Waals surface area contributed by atoms with Crippen molar-refractivity contribution in [2.24, 2.45) is 0 Å². The van der Waals surface area contributed by atoms with E-state index in [4.69, 9.17) is 5.11 Å². The monoisotopic (exact) mass is 547 g/mol. The number of carbonyl (C=O) groups excluding carboxylic acids is 3. The van der Waals surface area contributed by atoms with E-state index in [1.807, 2.05) is 49.4 Å². The highest BCUT2D eigenvalue weighted by molar-refractivity contribution is 6.12. The Labute approximate surface area is 237 Å². The van der Waals surface area contributed by atoms with Gasteiger partial charge < -0.3 is 20.2 Å². The summed E-state index contributed by atoms with van der Waals surface area (Å²) >= 11 is 0. The second-order valence-corrected chi connectivity index (χ2v) is 9.78. The van der Waals surface area contributed by atoms with Crippen LogP contribution in [-0.2, 0) is 9.59 Å². The zero-order valence-electron chi connectivity index (χ0n) is 22.5. The van der Waals surface area contributed by atoms with Gasteiger partial charge in [-0.25, -0.2) is 0 Å². The first-order valence-corrected chi connectivity index (χ1v) is 13.3. The Morgan fingerprint density at radius 1 is 0.805 bits per heavy atom. The lowest BCUT2D eigenvalue weighted by atomic mass is 9.95. The van der Waals surface area contributed by atoms with Crippen molar-refractivity contribution in [2.45, 2.75) is 19.8 Å². The number of carboxylic acids is 1. The molecule has 206 valence electrons. The number of hydrogen-bond acceptors (Lipinski definition) is 4. The molecule has 3 amide bonds. The molecule has 0 radical (unpaired) electrons. The molecule has 0 aromatic heterocycles. The number of hydrogen-bond donors (Lipinski definition) is 2. The maximum atomic E-state index is 13.6. The van der Waals surface area contributed by atoms with Gasteiger partial charge >= 0.3 is 5.97 Å². The average molecular weight is 548 g/mol. The lowest BCUT2D eigenvalue weighted by molar-refractivity contribution is -0.136. The van der Waals surface area contributed by atoms with E-state index in [0.717, 1.165) is 16.7 Å². The molecule has 1 aliphatic rings. The zero-order chi connectivity index (χ0) is 28.9. The summed E-state index contributed by atoms with van der Waals surface area (Å²) in [6.07, 6.45) is -0.134. The van der Waals surface area contributed by atoms with E-state index in [1.54, 1.807) is 59.5 Å². The highest BCUT2D eigenvalue weighted by atomic mass is 16.4. The molecule has 2 N–H and O–H groups in total. The van der Waals surface area contributed by atoms with Gasteiger partial charge in [0.2, 0.25) is 5.91 Å². The Balaban J connectivity index is 1.35. The Morgan fingerprint density at radius 3 is 2.15 bits per heavy atom. The molecule has 4 aromatic carbocycles. The fraction of sp³-hybridized carbons (Fsp3) is 0.152. The molecule has 0 bridgehead atoms. The molecule has 0 saturated carbocycles. The molecule has 41 heavy (non-hydrogen) atoms. The van der Waals surface area contributed by atoms with Gasteiger partial charge in [-0.15, -0.1) is 0 Å². The van der Waals surface area contributed by atoms with Crippen LogP contribution in [-0.4, -0.2) is 41.9 Å². The quantitative estimate of drug-likeness (QED) is 0.305. The first-order valence-electron chi connectivity index (χ1n) is 13.3. The Hall–Kier alpha value is -5.24. The highest BCUT2D eigenvalue weighted by Gasteiger charge is 2.30. The second kappa shape index (κ2) is 11.9. The van der Waals surface area contributed by atoms with Gasteiger partial charge in [-0.2, -0.15) is 0 Å². The summed E-state index contributed by atoms with van der Waals surface area (Å²) in [5.74, 6) is -1.80. The summed E-state index contributed by atoms with van der Waals surface area (Å²) in [6.45, 7) is 2.19. The first kappa shape index (κ1) is 27.3. The Bertz CT molecular complexity index is 1630. The molecular formula is C33H29N3O5. The lowest BCUT2D eigenvalue weighted by Gasteiger charge is -2.25. The van der Waals surface area contributed by atoms with E-state index in [0.29, 0.717) is 28.2 Å². The van der Waals surface area contributed by atoms with Crippen molar-refractivity contribution in [1.29, 1.82) is 0 Å². The Kier molecular flexibility index (Phi) is 7.92. The lowest BCUT2D eigenvalue weighted by Crippen LogP contribution is -2.33. The number of aryl methyl sites for hydroxylation is 1. The molecule has 8 nitrogen and oxygen atoms in total. The van der Waals surface area contributed by atoms with Crippen LogP contribution >= 0.6 is 0 Å². The van der Waals surface area contributed by atoms with Crippen LogP contribution in [0.2, 0.25) is 0 Å². The van der Waals surface area contributed by atoms with Gasteiger partial charge in [-0.05, 0) is 66.1 Å². The number of amides is 3. The zero-order valence-corrected chi connectivity index (χ0v) is 22.5. The minimum Gasteiger partial charge on any atom is -0.481 e. The van der Waals surface area contributed by atoms with E-state index < -0.39 is 5.97 Å². The van der Waals surface area contributed by atoms with Crippen molar-refractivity contribution in [2.75, 3.05) is 28.2 Å². The summed E-state index contributed by atoms with van der Waals surface area (Å²) in [5, 5.41) is 12.1. The molecule has 0 fully saturated rings. The van der Waals surface area contributed by atoms with Crippen LogP contribution in [0.5, 0.6) is 0 Å². The number of para-hydroxylation sites is 2. The molecule has 0 saturated heterocycles. The van der Waals surface area contributed by atoms with Crippen molar-refractivity contribution >= 4 is 40.8 Å². The van der Waals surface area contributed by atoms with Gasteiger partial charge in [-0.3, -0.25) is 19.2 Å². The average Bonchev–Trinajstić information content (AvgIpc) is 3.12. The standard InChI is InChI=1S/C33H29N3O5/c1-22-8-2-3-9-25(22)26-10-4-5-11-27(26)32(40)34-24-16-14-23(15-17-24)33(41)36-20-18-30(37)35(21-19-31(38)39)28-12-6-7-13-29(28)36/h2-17H,18-21H2,1H3,(H,34,40)(H,38,39). The molecule has 0 aliphatic carbocycles. The molecule has 1 aliphatic heterocycles. The molecule has 5 rings (SSSR count). The number of anilines is 3. The van der Waals surface area contributed by atoms with E-state index >= 15 is 0 Å².